The van der Waals surface area contributed by atoms with Gasteiger partial charge in [0.2, 0.25) is 10.0 Å². The van der Waals surface area contributed by atoms with Crippen molar-refractivity contribution in [1.29, 1.82) is 0 Å². The molecular formula is C21H14Cl2FN3O3S. The summed E-state index contributed by atoms with van der Waals surface area (Å²) in [5.41, 5.74) is 1.23. The predicted molar refractivity (Wildman–Crippen MR) is 119 cm³/mol. The number of sulfonamides is 1. The van der Waals surface area contributed by atoms with Crippen molar-refractivity contribution in [1.82, 2.24) is 14.5 Å². The lowest BCUT2D eigenvalue weighted by atomic mass is 10.1. The van der Waals surface area contributed by atoms with Gasteiger partial charge in [0, 0.05) is 21.0 Å². The molecule has 31 heavy (non-hydrogen) atoms. The molecule has 0 saturated carbocycles. The van der Waals surface area contributed by atoms with E-state index in [1.807, 2.05) is 30.3 Å². The maximum atomic E-state index is 15.4. The maximum Gasteiger partial charge on any atom is 0.267 e. The first-order chi connectivity index (χ1) is 14.6. The Kier molecular flexibility index (Phi) is 5.47. The van der Waals surface area contributed by atoms with E-state index in [0.717, 1.165) is 17.9 Å². The highest BCUT2D eigenvalue weighted by atomic mass is 35.5. The summed E-state index contributed by atoms with van der Waals surface area (Å²) in [4.78, 5) is 12.3. The molecule has 0 atom stereocenters. The summed E-state index contributed by atoms with van der Waals surface area (Å²) in [7, 11) is -3.90. The van der Waals surface area contributed by atoms with Gasteiger partial charge in [-0.2, -0.15) is 5.10 Å². The molecule has 1 heterocycles. The van der Waals surface area contributed by atoms with Crippen molar-refractivity contribution in [3.05, 3.63) is 82.1 Å². The fourth-order valence-corrected chi connectivity index (χ4v) is 4.03. The number of rotatable bonds is 4. The molecule has 0 fully saturated rings. The lowest BCUT2D eigenvalue weighted by Gasteiger charge is -2.10. The van der Waals surface area contributed by atoms with Crippen molar-refractivity contribution in [3.8, 4) is 16.9 Å². The Labute approximate surface area is 187 Å². The van der Waals surface area contributed by atoms with Crippen LogP contribution in [0.4, 0.5) is 4.39 Å². The third kappa shape index (κ3) is 4.27. The molecule has 10 heteroatoms. The Bertz CT molecular complexity index is 1440. The number of nitrogens with zero attached hydrogens (tertiary/aromatic N) is 2. The van der Waals surface area contributed by atoms with E-state index in [1.54, 1.807) is 22.9 Å². The standard InChI is InChI=1S/C21H14Cl2FN3O3S/c1-31(29,30)26-21(28)16-10-14(23)11-18(19(16)24)27-17-8-7-13(22)9-15(17)20(25-27)12-5-3-2-4-6-12/h2-11H,1H3,(H,26,28). The molecule has 3 aromatic carbocycles. The lowest BCUT2D eigenvalue weighted by Crippen LogP contribution is -2.30. The van der Waals surface area contributed by atoms with Crippen LogP contribution in [-0.2, 0) is 10.0 Å². The van der Waals surface area contributed by atoms with Gasteiger partial charge in [-0.3, -0.25) is 4.79 Å². The van der Waals surface area contributed by atoms with Crippen molar-refractivity contribution < 1.29 is 17.6 Å². The minimum atomic E-state index is -3.90. The minimum Gasteiger partial charge on any atom is -0.268 e. The van der Waals surface area contributed by atoms with Gasteiger partial charge < -0.3 is 0 Å². The highest BCUT2D eigenvalue weighted by molar-refractivity contribution is 7.89. The topological polar surface area (TPSA) is 81.1 Å². The van der Waals surface area contributed by atoms with E-state index in [2.05, 4.69) is 5.10 Å². The van der Waals surface area contributed by atoms with Crippen LogP contribution in [0.25, 0.3) is 27.8 Å². The summed E-state index contributed by atoms with van der Waals surface area (Å²) < 4.78 is 41.3. The van der Waals surface area contributed by atoms with E-state index in [1.165, 1.54) is 10.7 Å². The first-order valence-corrected chi connectivity index (χ1v) is 11.5. The van der Waals surface area contributed by atoms with Gasteiger partial charge in [-0.05, 0) is 30.3 Å². The second kappa shape index (κ2) is 7.96. The predicted octanol–water partition coefficient (Wildman–Crippen LogP) is 4.83. The molecular weight excluding hydrogens is 464 g/mol. The van der Waals surface area contributed by atoms with E-state index in [0.29, 0.717) is 21.6 Å². The SMILES string of the molecule is CS(=O)(=O)NC(=O)c1cc(Cl)cc(-n2nc(-c3ccccc3)c3cc(Cl)ccc32)c1F. The first-order valence-electron chi connectivity index (χ1n) is 8.89. The molecule has 0 radical (unpaired) electrons. The largest absolute Gasteiger partial charge is 0.268 e. The van der Waals surface area contributed by atoms with Crippen LogP contribution in [0.1, 0.15) is 10.4 Å². The van der Waals surface area contributed by atoms with E-state index in [9.17, 15) is 13.2 Å². The molecule has 1 N–H and O–H groups in total. The number of amides is 1. The normalized spacial score (nSPS) is 11.6. The molecule has 6 nitrogen and oxygen atoms in total. The van der Waals surface area contributed by atoms with Gasteiger partial charge >= 0.3 is 0 Å². The number of carbonyl (C=O) groups is 1. The number of hydrogen-bond acceptors (Lipinski definition) is 4. The molecule has 1 amide bonds. The van der Waals surface area contributed by atoms with Gasteiger partial charge in [0.15, 0.2) is 5.82 Å². The summed E-state index contributed by atoms with van der Waals surface area (Å²) in [6.07, 6.45) is 0.797. The molecule has 0 aliphatic rings. The van der Waals surface area contributed by atoms with Crippen molar-refractivity contribution >= 4 is 50.0 Å². The summed E-state index contributed by atoms with van der Waals surface area (Å²) in [6, 6.07) is 16.6. The third-order valence-corrected chi connectivity index (χ3v) is 5.47. The Morgan fingerprint density at radius 2 is 1.74 bits per heavy atom. The minimum absolute atomic E-state index is 0.0360. The van der Waals surface area contributed by atoms with Crippen molar-refractivity contribution in [2.24, 2.45) is 0 Å². The molecule has 0 aliphatic carbocycles. The second-order valence-corrected chi connectivity index (χ2v) is 9.40. The van der Waals surface area contributed by atoms with Crippen LogP contribution in [0.15, 0.2) is 60.7 Å². The summed E-state index contributed by atoms with van der Waals surface area (Å²) >= 11 is 12.3. The lowest BCUT2D eigenvalue weighted by molar-refractivity contribution is 0.0977. The molecule has 0 bridgehead atoms. The molecule has 158 valence electrons. The Hall–Kier alpha value is -2.94. The van der Waals surface area contributed by atoms with Crippen LogP contribution in [0.3, 0.4) is 0 Å². The molecule has 1 aromatic heterocycles. The molecule has 0 aliphatic heterocycles. The number of benzene rings is 3. The number of aromatic nitrogens is 2. The zero-order chi connectivity index (χ0) is 22.3. The van der Waals surface area contributed by atoms with Crippen molar-refractivity contribution in [2.75, 3.05) is 6.26 Å². The van der Waals surface area contributed by atoms with Crippen LogP contribution in [0.5, 0.6) is 0 Å². The maximum absolute atomic E-state index is 15.4. The van der Waals surface area contributed by atoms with Gasteiger partial charge in [-0.25, -0.2) is 22.2 Å². The number of fused-ring (bicyclic) bond motifs is 1. The fraction of sp³-hybridized carbons (Fsp3) is 0.0476. The average molecular weight is 478 g/mol. The van der Waals surface area contributed by atoms with Crippen LogP contribution in [0.2, 0.25) is 10.0 Å². The van der Waals surface area contributed by atoms with Gasteiger partial charge in [-0.1, -0.05) is 53.5 Å². The molecule has 0 saturated heterocycles. The Morgan fingerprint density at radius 3 is 2.42 bits per heavy atom. The number of hydrogen-bond donors (Lipinski definition) is 1. The average Bonchev–Trinajstić information content (AvgIpc) is 3.07. The van der Waals surface area contributed by atoms with Gasteiger partial charge in [-0.15, -0.1) is 0 Å². The van der Waals surface area contributed by atoms with Crippen LogP contribution in [-0.4, -0.2) is 30.4 Å². The summed E-state index contributed by atoms with van der Waals surface area (Å²) in [5.74, 6) is -2.10. The van der Waals surface area contributed by atoms with E-state index >= 15 is 4.39 Å². The highest BCUT2D eigenvalue weighted by Gasteiger charge is 2.23. The number of nitrogens with one attached hydrogen (secondary N) is 1. The highest BCUT2D eigenvalue weighted by Crippen LogP contribution is 2.33. The molecule has 4 aromatic rings. The molecule has 4 rings (SSSR count). The smallest absolute Gasteiger partial charge is 0.267 e. The van der Waals surface area contributed by atoms with E-state index in [4.69, 9.17) is 23.2 Å². The summed E-state index contributed by atoms with van der Waals surface area (Å²) in [5, 5.41) is 5.74. The Balaban J connectivity index is 1.97. The molecule has 0 unspecified atom stereocenters. The zero-order valence-corrected chi connectivity index (χ0v) is 18.3. The van der Waals surface area contributed by atoms with Gasteiger partial charge in [0.25, 0.3) is 5.91 Å². The monoisotopic (exact) mass is 477 g/mol. The fourth-order valence-electron chi connectivity index (χ4n) is 3.20. The van der Waals surface area contributed by atoms with E-state index < -0.39 is 27.3 Å². The third-order valence-electron chi connectivity index (χ3n) is 4.46. The summed E-state index contributed by atoms with van der Waals surface area (Å²) in [6.45, 7) is 0. The van der Waals surface area contributed by atoms with Gasteiger partial charge in [0.1, 0.15) is 11.4 Å². The zero-order valence-electron chi connectivity index (χ0n) is 15.9. The van der Waals surface area contributed by atoms with Crippen LogP contribution >= 0.6 is 23.2 Å². The van der Waals surface area contributed by atoms with Gasteiger partial charge in [0.05, 0.1) is 17.3 Å². The van der Waals surface area contributed by atoms with Crippen molar-refractivity contribution in [3.63, 3.8) is 0 Å². The number of halogens is 3. The van der Waals surface area contributed by atoms with Crippen LogP contribution < -0.4 is 4.72 Å². The van der Waals surface area contributed by atoms with E-state index in [-0.39, 0.29) is 10.7 Å². The first kappa shape index (κ1) is 21.3. The van der Waals surface area contributed by atoms with Crippen molar-refractivity contribution in [2.45, 2.75) is 0 Å². The second-order valence-electron chi connectivity index (χ2n) is 6.78. The molecule has 0 spiro atoms. The Morgan fingerprint density at radius 1 is 1.03 bits per heavy atom. The quantitative estimate of drug-likeness (QED) is 0.456. The number of carbonyl (C=O) groups excluding carboxylic acids is 1. The van der Waals surface area contributed by atoms with Crippen LogP contribution in [0, 0.1) is 5.82 Å².